The standard InChI is InChI=1S/C15H21NO4S/c1-2-6-12-7-3-4-9-14(12)21(19,20)16-10-5-8-13(11-16)15(17)18/h3-4,7,9,13H,2,5-6,8,10-11H2,1H3,(H,17,18). The van der Waals surface area contributed by atoms with Gasteiger partial charge in [-0.3, -0.25) is 4.79 Å². The molecule has 0 radical (unpaired) electrons. The van der Waals surface area contributed by atoms with Crippen molar-refractivity contribution in [1.82, 2.24) is 4.31 Å². The average molecular weight is 311 g/mol. The van der Waals surface area contributed by atoms with Crippen LogP contribution in [0.1, 0.15) is 31.7 Å². The number of aliphatic carboxylic acids is 1. The Balaban J connectivity index is 2.31. The largest absolute Gasteiger partial charge is 0.481 e. The molecule has 1 aromatic rings. The van der Waals surface area contributed by atoms with E-state index in [1.807, 2.05) is 19.1 Å². The molecular weight excluding hydrogens is 290 g/mol. The van der Waals surface area contributed by atoms with Gasteiger partial charge in [-0.05, 0) is 30.9 Å². The Morgan fingerprint density at radius 3 is 2.76 bits per heavy atom. The lowest BCUT2D eigenvalue weighted by atomic mass is 10.0. The van der Waals surface area contributed by atoms with Gasteiger partial charge in [-0.15, -0.1) is 0 Å². The highest BCUT2D eigenvalue weighted by atomic mass is 32.2. The van der Waals surface area contributed by atoms with Crippen molar-refractivity contribution in [2.24, 2.45) is 5.92 Å². The fraction of sp³-hybridized carbons (Fsp3) is 0.533. The van der Waals surface area contributed by atoms with E-state index in [0.717, 1.165) is 12.0 Å². The van der Waals surface area contributed by atoms with Crippen LogP contribution in [-0.4, -0.2) is 36.9 Å². The lowest BCUT2D eigenvalue weighted by Gasteiger charge is -2.30. The maximum absolute atomic E-state index is 12.8. The first-order chi connectivity index (χ1) is 9.96. The summed E-state index contributed by atoms with van der Waals surface area (Å²) in [5.74, 6) is -1.52. The Hall–Kier alpha value is -1.40. The molecule has 1 saturated heterocycles. The number of aryl methyl sites for hydroxylation is 1. The molecule has 0 saturated carbocycles. The Morgan fingerprint density at radius 2 is 2.10 bits per heavy atom. The molecule has 21 heavy (non-hydrogen) atoms. The van der Waals surface area contributed by atoms with Crippen molar-refractivity contribution in [3.05, 3.63) is 29.8 Å². The normalized spacial score (nSPS) is 20.3. The van der Waals surface area contributed by atoms with Gasteiger partial charge in [-0.2, -0.15) is 4.31 Å². The number of sulfonamides is 1. The Kier molecular flexibility index (Phi) is 5.00. The zero-order valence-electron chi connectivity index (χ0n) is 12.2. The molecule has 5 nitrogen and oxygen atoms in total. The number of nitrogens with zero attached hydrogens (tertiary/aromatic N) is 1. The minimum absolute atomic E-state index is 0.0676. The summed E-state index contributed by atoms with van der Waals surface area (Å²) in [5.41, 5.74) is 0.803. The second-order valence-electron chi connectivity index (χ2n) is 5.40. The second kappa shape index (κ2) is 6.58. The minimum Gasteiger partial charge on any atom is -0.481 e. The fourth-order valence-electron chi connectivity index (χ4n) is 2.73. The monoisotopic (exact) mass is 311 g/mol. The van der Waals surface area contributed by atoms with Crippen molar-refractivity contribution in [2.75, 3.05) is 13.1 Å². The van der Waals surface area contributed by atoms with Gasteiger partial charge in [0.05, 0.1) is 10.8 Å². The number of hydrogen-bond acceptors (Lipinski definition) is 3. The Labute approximate surface area is 125 Å². The van der Waals surface area contributed by atoms with Gasteiger partial charge in [-0.1, -0.05) is 31.5 Å². The molecule has 1 aliphatic heterocycles. The summed E-state index contributed by atoms with van der Waals surface area (Å²) in [7, 11) is -3.61. The number of carbonyl (C=O) groups is 1. The van der Waals surface area contributed by atoms with Crippen LogP contribution in [0.5, 0.6) is 0 Å². The summed E-state index contributed by atoms with van der Waals surface area (Å²) >= 11 is 0. The molecule has 0 amide bonds. The predicted octanol–water partition coefficient (Wildman–Crippen LogP) is 2.12. The summed E-state index contributed by atoms with van der Waals surface area (Å²) in [5, 5.41) is 9.11. The highest BCUT2D eigenvalue weighted by Gasteiger charge is 2.34. The number of carboxylic acid groups (broad SMARTS) is 1. The lowest BCUT2D eigenvalue weighted by Crippen LogP contribution is -2.42. The second-order valence-corrected chi connectivity index (χ2v) is 7.30. The molecular formula is C15H21NO4S. The zero-order chi connectivity index (χ0) is 15.5. The molecule has 0 bridgehead atoms. The quantitative estimate of drug-likeness (QED) is 0.904. The molecule has 1 fully saturated rings. The summed E-state index contributed by atoms with van der Waals surface area (Å²) in [4.78, 5) is 11.4. The summed E-state index contributed by atoms with van der Waals surface area (Å²) in [6.45, 7) is 2.47. The molecule has 0 spiro atoms. The van der Waals surface area contributed by atoms with Crippen molar-refractivity contribution in [2.45, 2.75) is 37.5 Å². The van der Waals surface area contributed by atoms with Crippen LogP contribution in [0.25, 0.3) is 0 Å². The van der Waals surface area contributed by atoms with Gasteiger partial charge in [0.2, 0.25) is 10.0 Å². The smallest absolute Gasteiger partial charge is 0.307 e. The van der Waals surface area contributed by atoms with E-state index < -0.39 is 21.9 Å². The van der Waals surface area contributed by atoms with Gasteiger partial charge < -0.3 is 5.11 Å². The number of carboxylic acids is 1. The number of hydrogen-bond donors (Lipinski definition) is 1. The highest BCUT2D eigenvalue weighted by Crippen LogP contribution is 2.26. The zero-order valence-corrected chi connectivity index (χ0v) is 13.0. The van der Waals surface area contributed by atoms with E-state index in [1.165, 1.54) is 4.31 Å². The maximum Gasteiger partial charge on any atom is 0.307 e. The SMILES string of the molecule is CCCc1ccccc1S(=O)(=O)N1CCCC(C(=O)O)C1. The van der Waals surface area contributed by atoms with Crippen LogP contribution in [0, 0.1) is 5.92 Å². The van der Waals surface area contributed by atoms with Crippen molar-refractivity contribution >= 4 is 16.0 Å². The predicted molar refractivity (Wildman–Crippen MR) is 79.6 cm³/mol. The Bertz CT molecular complexity index is 612. The van der Waals surface area contributed by atoms with Crippen LogP contribution < -0.4 is 0 Å². The van der Waals surface area contributed by atoms with E-state index in [2.05, 4.69) is 0 Å². The van der Waals surface area contributed by atoms with E-state index in [1.54, 1.807) is 12.1 Å². The van der Waals surface area contributed by atoms with Crippen LogP contribution in [0.15, 0.2) is 29.2 Å². The third-order valence-electron chi connectivity index (χ3n) is 3.84. The molecule has 6 heteroatoms. The molecule has 1 aliphatic rings. The highest BCUT2D eigenvalue weighted by molar-refractivity contribution is 7.89. The van der Waals surface area contributed by atoms with Crippen LogP contribution in [0.2, 0.25) is 0 Å². The average Bonchev–Trinajstić information content (AvgIpc) is 2.48. The van der Waals surface area contributed by atoms with Crippen molar-refractivity contribution < 1.29 is 18.3 Å². The molecule has 116 valence electrons. The van der Waals surface area contributed by atoms with Gasteiger partial charge in [0.15, 0.2) is 0 Å². The van der Waals surface area contributed by atoms with Gasteiger partial charge in [0.25, 0.3) is 0 Å². The third kappa shape index (κ3) is 3.44. The minimum atomic E-state index is -3.61. The lowest BCUT2D eigenvalue weighted by molar-refractivity contribution is -0.142. The van der Waals surface area contributed by atoms with Crippen molar-refractivity contribution in [3.63, 3.8) is 0 Å². The Morgan fingerprint density at radius 1 is 1.38 bits per heavy atom. The number of benzene rings is 1. The van der Waals surface area contributed by atoms with Crippen molar-refractivity contribution in [1.29, 1.82) is 0 Å². The molecule has 1 heterocycles. The maximum atomic E-state index is 12.8. The first kappa shape index (κ1) is 16.0. The first-order valence-electron chi connectivity index (χ1n) is 7.27. The molecule has 1 atom stereocenters. The van der Waals surface area contributed by atoms with E-state index >= 15 is 0 Å². The molecule has 1 N–H and O–H groups in total. The summed E-state index contributed by atoms with van der Waals surface area (Å²) in [6.07, 6.45) is 2.69. The summed E-state index contributed by atoms with van der Waals surface area (Å²) in [6, 6.07) is 6.99. The molecule has 2 rings (SSSR count). The number of piperidine rings is 1. The third-order valence-corrected chi connectivity index (χ3v) is 5.81. The van der Waals surface area contributed by atoms with Crippen LogP contribution in [-0.2, 0) is 21.2 Å². The van der Waals surface area contributed by atoms with Crippen molar-refractivity contribution in [3.8, 4) is 0 Å². The molecule has 0 aromatic heterocycles. The van der Waals surface area contributed by atoms with E-state index in [9.17, 15) is 13.2 Å². The van der Waals surface area contributed by atoms with Gasteiger partial charge in [-0.25, -0.2) is 8.42 Å². The number of rotatable bonds is 5. The van der Waals surface area contributed by atoms with Crippen LogP contribution in [0.4, 0.5) is 0 Å². The van der Waals surface area contributed by atoms with E-state index in [4.69, 9.17) is 5.11 Å². The van der Waals surface area contributed by atoms with Crippen LogP contribution in [0.3, 0.4) is 0 Å². The van der Waals surface area contributed by atoms with Gasteiger partial charge in [0, 0.05) is 13.1 Å². The fourth-order valence-corrected chi connectivity index (χ4v) is 4.51. The van der Waals surface area contributed by atoms with E-state index in [0.29, 0.717) is 30.7 Å². The van der Waals surface area contributed by atoms with Crippen LogP contribution >= 0.6 is 0 Å². The molecule has 1 unspecified atom stereocenters. The van der Waals surface area contributed by atoms with Gasteiger partial charge in [0.1, 0.15) is 0 Å². The first-order valence-corrected chi connectivity index (χ1v) is 8.71. The van der Waals surface area contributed by atoms with E-state index in [-0.39, 0.29) is 6.54 Å². The molecule has 0 aliphatic carbocycles. The summed E-state index contributed by atoms with van der Waals surface area (Å²) < 4.78 is 26.9. The van der Waals surface area contributed by atoms with Gasteiger partial charge >= 0.3 is 5.97 Å². The molecule has 1 aromatic carbocycles. The topological polar surface area (TPSA) is 74.7 Å².